The van der Waals surface area contributed by atoms with Gasteiger partial charge >= 0.3 is 12.0 Å². The Morgan fingerprint density at radius 1 is 1.17 bits per heavy atom. The van der Waals surface area contributed by atoms with Crippen molar-refractivity contribution in [1.82, 2.24) is 10.3 Å². The molecule has 0 fully saturated rings. The molecule has 6 nitrogen and oxygen atoms in total. The van der Waals surface area contributed by atoms with E-state index in [0.29, 0.717) is 24.4 Å². The number of rotatable bonds is 5. The number of benzene rings is 1. The van der Waals surface area contributed by atoms with Gasteiger partial charge in [-0.2, -0.15) is 0 Å². The molecule has 1 aromatic carbocycles. The molecule has 0 bridgehead atoms. The lowest BCUT2D eigenvalue weighted by Gasteiger charge is -2.08. The first-order chi connectivity index (χ1) is 11.1. The third kappa shape index (κ3) is 5.10. The molecule has 0 radical (unpaired) electrons. The highest BCUT2D eigenvalue weighted by Crippen LogP contribution is 2.10. The topological polar surface area (TPSA) is 80.3 Å². The van der Waals surface area contributed by atoms with Gasteiger partial charge < -0.3 is 15.4 Å². The first kappa shape index (κ1) is 16.5. The van der Waals surface area contributed by atoms with Crippen LogP contribution in [0.5, 0.6) is 0 Å². The van der Waals surface area contributed by atoms with Crippen LogP contribution in [0.4, 0.5) is 10.5 Å². The summed E-state index contributed by atoms with van der Waals surface area (Å²) in [6.07, 6.45) is 1.71. The SMILES string of the molecule is CCOC(=O)c1ccc(NC(=O)NCc2ccnc(C)c2)cc1. The maximum atomic E-state index is 11.9. The van der Waals surface area contributed by atoms with Gasteiger partial charge in [0.05, 0.1) is 12.2 Å². The number of carbonyl (C=O) groups is 2. The third-order valence-corrected chi connectivity index (χ3v) is 3.07. The Bertz CT molecular complexity index is 684. The number of amides is 2. The molecular weight excluding hydrogens is 294 g/mol. The van der Waals surface area contributed by atoms with Gasteiger partial charge in [-0.1, -0.05) is 0 Å². The summed E-state index contributed by atoms with van der Waals surface area (Å²) in [5.74, 6) is -0.378. The predicted octanol–water partition coefficient (Wildman–Crippen LogP) is 2.89. The molecule has 0 saturated carbocycles. The monoisotopic (exact) mass is 313 g/mol. The highest BCUT2D eigenvalue weighted by atomic mass is 16.5. The average molecular weight is 313 g/mol. The van der Waals surface area contributed by atoms with Crippen LogP contribution in [-0.4, -0.2) is 23.6 Å². The van der Waals surface area contributed by atoms with E-state index in [9.17, 15) is 9.59 Å². The van der Waals surface area contributed by atoms with Crippen LogP contribution in [0.25, 0.3) is 0 Å². The molecule has 0 spiro atoms. The zero-order valence-corrected chi connectivity index (χ0v) is 13.1. The summed E-state index contributed by atoms with van der Waals surface area (Å²) in [6, 6.07) is 9.98. The first-order valence-electron chi connectivity index (χ1n) is 7.32. The fourth-order valence-electron chi connectivity index (χ4n) is 1.98. The molecule has 23 heavy (non-hydrogen) atoms. The minimum atomic E-state index is -0.378. The van der Waals surface area contributed by atoms with Crippen molar-refractivity contribution < 1.29 is 14.3 Å². The van der Waals surface area contributed by atoms with Gasteiger partial charge in [0.25, 0.3) is 0 Å². The fourth-order valence-corrected chi connectivity index (χ4v) is 1.98. The zero-order valence-electron chi connectivity index (χ0n) is 13.1. The smallest absolute Gasteiger partial charge is 0.338 e. The Morgan fingerprint density at radius 3 is 2.57 bits per heavy atom. The molecule has 0 unspecified atom stereocenters. The molecule has 0 aliphatic heterocycles. The number of urea groups is 1. The normalized spacial score (nSPS) is 10.0. The van der Waals surface area contributed by atoms with Gasteiger partial charge in [-0.25, -0.2) is 9.59 Å². The van der Waals surface area contributed by atoms with Gasteiger partial charge in [0, 0.05) is 24.1 Å². The van der Waals surface area contributed by atoms with Gasteiger partial charge in [0.15, 0.2) is 0 Å². The standard InChI is InChI=1S/C17H19N3O3/c1-3-23-16(21)14-4-6-15(7-5-14)20-17(22)19-11-13-8-9-18-12(2)10-13/h4-10H,3,11H2,1-2H3,(H2,19,20,22). The third-order valence-electron chi connectivity index (χ3n) is 3.07. The summed E-state index contributed by atoms with van der Waals surface area (Å²) in [4.78, 5) is 27.5. The molecule has 0 aliphatic carbocycles. The number of nitrogens with one attached hydrogen (secondary N) is 2. The van der Waals surface area contributed by atoms with Gasteiger partial charge in [-0.15, -0.1) is 0 Å². The van der Waals surface area contributed by atoms with Crippen LogP contribution in [0.3, 0.4) is 0 Å². The van der Waals surface area contributed by atoms with Gasteiger partial charge in [0.1, 0.15) is 0 Å². The lowest BCUT2D eigenvalue weighted by Crippen LogP contribution is -2.28. The molecule has 0 saturated heterocycles. The van der Waals surface area contributed by atoms with Crippen molar-refractivity contribution in [1.29, 1.82) is 0 Å². The van der Waals surface area contributed by atoms with Crippen LogP contribution in [-0.2, 0) is 11.3 Å². The molecule has 1 aromatic heterocycles. The number of anilines is 1. The number of pyridine rings is 1. The number of ether oxygens (including phenoxy) is 1. The second kappa shape index (κ2) is 7.93. The molecule has 2 amide bonds. The maximum Gasteiger partial charge on any atom is 0.338 e. The first-order valence-corrected chi connectivity index (χ1v) is 7.32. The number of nitrogens with zero attached hydrogens (tertiary/aromatic N) is 1. The predicted molar refractivity (Wildman–Crippen MR) is 87.2 cm³/mol. The van der Waals surface area contributed by atoms with E-state index in [1.165, 1.54) is 0 Å². The van der Waals surface area contributed by atoms with Crippen molar-refractivity contribution in [2.45, 2.75) is 20.4 Å². The van der Waals surface area contributed by atoms with Crippen LogP contribution in [0.2, 0.25) is 0 Å². The average Bonchev–Trinajstić information content (AvgIpc) is 2.54. The number of aryl methyl sites for hydroxylation is 1. The molecule has 0 atom stereocenters. The molecule has 6 heteroatoms. The van der Waals surface area contributed by atoms with Crippen LogP contribution in [0.15, 0.2) is 42.6 Å². The van der Waals surface area contributed by atoms with E-state index in [0.717, 1.165) is 11.3 Å². The fraction of sp³-hybridized carbons (Fsp3) is 0.235. The van der Waals surface area contributed by atoms with Crippen molar-refractivity contribution in [3.63, 3.8) is 0 Å². The van der Waals surface area contributed by atoms with Crippen LogP contribution in [0.1, 0.15) is 28.5 Å². The van der Waals surface area contributed by atoms with Gasteiger partial charge in [-0.05, 0) is 55.8 Å². The summed E-state index contributed by atoms with van der Waals surface area (Å²) in [6.45, 7) is 4.39. The Balaban J connectivity index is 1.86. The molecule has 120 valence electrons. The number of hydrogen-bond acceptors (Lipinski definition) is 4. The van der Waals surface area contributed by atoms with Crippen molar-refractivity contribution in [3.8, 4) is 0 Å². The molecule has 1 heterocycles. The molecular formula is C17H19N3O3. The van der Waals surface area contributed by atoms with E-state index in [2.05, 4.69) is 15.6 Å². The summed E-state index contributed by atoms with van der Waals surface area (Å²) in [5, 5.41) is 5.47. The van der Waals surface area contributed by atoms with Crippen molar-refractivity contribution >= 4 is 17.7 Å². The van der Waals surface area contributed by atoms with E-state index >= 15 is 0 Å². The molecule has 0 aliphatic rings. The van der Waals surface area contributed by atoms with Crippen molar-refractivity contribution in [2.75, 3.05) is 11.9 Å². The summed E-state index contributed by atoms with van der Waals surface area (Å²) >= 11 is 0. The van der Waals surface area contributed by atoms with Crippen molar-refractivity contribution in [3.05, 3.63) is 59.4 Å². The van der Waals surface area contributed by atoms with E-state index in [-0.39, 0.29) is 12.0 Å². The number of carbonyl (C=O) groups excluding carboxylic acids is 2. The van der Waals surface area contributed by atoms with E-state index in [1.54, 1.807) is 37.4 Å². The Labute approximate surface area is 134 Å². The maximum absolute atomic E-state index is 11.9. The second-order valence-corrected chi connectivity index (χ2v) is 4.91. The Kier molecular flexibility index (Phi) is 5.68. The summed E-state index contributed by atoms with van der Waals surface area (Å²) in [7, 11) is 0. The van der Waals surface area contributed by atoms with E-state index < -0.39 is 0 Å². The Morgan fingerprint density at radius 2 is 1.91 bits per heavy atom. The molecule has 2 aromatic rings. The Hall–Kier alpha value is -2.89. The molecule has 2 rings (SSSR count). The van der Waals surface area contributed by atoms with E-state index in [4.69, 9.17) is 4.74 Å². The van der Waals surface area contributed by atoms with Gasteiger partial charge in [-0.3, -0.25) is 4.98 Å². The molecule has 2 N–H and O–H groups in total. The number of hydrogen-bond donors (Lipinski definition) is 2. The van der Waals surface area contributed by atoms with Crippen LogP contribution < -0.4 is 10.6 Å². The van der Waals surface area contributed by atoms with E-state index in [1.807, 2.05) is 19.1 Å². The lowest BCUT2D eigenvalue weighted by atomic mass is 10.2. The number of aromatic nitrogens is 1. The number of esters is 1. The van der Waals surface area contributed by atoms with Crippen LogP contribution >= 0.6 is 0 Å². The van der Waals surface area contributed by atoms with Crippen LogP contribution in [0, 0.1) is 6.92 Å². The van der Waals surface area contributed by atoms with Crippen molar-refractivity contribution in [2.24, 2.45) is 0 Å². The highest BCUT2D eigenvalue weighted by molar-refractivity contribution is 5.92. The second-order valence-electron chi connectivity index (χ2n) is 4.91. The van der Waals surface area contributed by atoms with Gasteiger partial charge in [0.2, 0.25) is 0 Å². The quantitative estimate of drug-likeness (QED) is 0.832. The summed E-state index contributed by atoms with van der Waals surface area (Å²) in [5.41, 5.74) is 2.93. The lowest BCUT2D eigenvalue weighted by molar-refractivity contribution is 0.0526. The highest BCUT2D eigenvalue weighted by Gasteiger charge is 2.07. The largest absolute Gasteiger partial charge is 0.462 e. The minimum absolute atomic E-state index is 0.316. The summed E-state index contributed by atoms with van der Waals surface area (Å²) < 4.78 is 4.90. The minimum Gasteiger partial charge on any atom is -0.462 e. The zero-order chi connectivity index (χ0) is 16.7.